The van der Waals surface area contributed by atoms with Crippen molar-refractivity contribution in [2.24, 2.45) is 0 Å². The SMILES string of the molecule is Cc1cc2ccccc2nc1C#N. The second kappa shape index (κ2) is 2.87. The van der Waals surface area contributed by atoms with Crippen molar-refractivity contribution in [1.82, 2.24) is 4.98 Å². The van der Waals surface area contributed by atoms with Gasteiger partial charge in [-0.2, -0.15) is 5.26 Å². The number of benzene rings is 1. The van der Waals surface area contributed by atoms with E-state index in [9.17, 15) is 0 Å². The summed E-state index contributed by atoms with van der Waals surface area (Å²) >= 11 is 0. The molecular weight excluding hydrogens is 160 g/mol. The topological polar surface area (TPSA) is 36.7 Å². The normalized spacial score (nSPS) is 9.85. The molecule has 0 aliphatic rings. The Hall–Kier alpha value is -1.88. The molecule has 0 N–H and O–H groups in total. The third-order valence-corrected chi connectivity index (χ3v) is 2.02. The summed E-state index contributed by atoms with van der Waals surface area (Å²) in [6, 6.07) is 11.9. The molecule has 0 amide bonds. The van der Waals surface area contributed by atoms with E-state index < -0.39 is 0 Å². The first-order chi connectivity index (χ1) is 6.31. The molecule has 0 aliphatic heterocycles. The van der Waals surface area contributed by atoms with Gasteiger partial charge in [0.25, 0.3) is 0 Å². The summed E-state index contributed by atoms with van der Waals surface area (Å²) in [5.74, 6) is 0. The molecule has 0 bridgehead atoms. The smallest absolute Gasteiger partial charge is 0.144 e. The molecule has 2 aromatic rings. The number of hydrogen-bond acceptors (Lipinski definition) is 2. The van der Waals surface area contributed by atoms with Crippen molar-refractivity contribution in [1.29, 1.82) is 5.26 Å². The van der Waals surface area contributed by atoms with Crippen LogP contribution in [0.2, 0.25) is 0 Å². The van der Waals surface area contributed by atoms with Gasteiger partial charge in [0.05, 0.1) is 5.52 Å². The quantitative estimate of drug-likeness (QED) is 0.605. The molecule has 0 radical (unpaired) electrons. The standard InChI is InChI=1S/C11H8N2/c1-8-6-9-4-2-3-5-10(9)13-11(8)7-12/h2-6H,1H3. The lowest BCUT2D eigenvalue weighted by Crippen LogP contribution is -1.88. The van der Waals surface area contributed by atoms with Gasteiger partial charge in [-0.1, -0.05) is 18.2 Å². The highest BCUT2D eigenvalue weighted by atomic mass is 14.7. The van der Waals surface area contributed by atoms with Gasteiger partial charge in [0.2, 0.25) is 0 Å². The second-order valence-corrected chi connectivity index (χ2v) is 2.96. The Balaban J connectivity index is 2.83. The van der Waals surface area contributed by atoms with Gasteiger partial charge in [-0.05, 0) is 24.6 Å². The number of nitriles is 1. The fourth-order valence-electron chi connectivity index (χ4n) is 1.33. The van der Waals surface area contributed by atoms with Crippen LogP contribution < -0.4 is 0 Å². The summed E-state index contributed by atoms with van der Waals surface area (Å²) in [5.41, 5.74) is 2.32. The first-order valence-electron chi connectivity index (χ1n) is 4.08. The minimum absolute atomic E-state index is 0.513. The van der Waals surface area contributed by atoms with Crippen molar-refractivity contribution in [2.75, 3.05) is 0 Å². The maximum absolute atomic E-state index is 8.77. The van der Waals surface area contributed by atoms with E-state index in [-0.39, 0.29) is 0 Å². The van der Waals surface area contributed by atoms with E-state index in [4.69, 9.17) is 5.26 Å². The molecule has 0 unspecified atom stereocenters. The van der Waals surface area contributed by atoms with E-state index in [0.717, 1.165) is 16.5 Å². The monoisotopic (exact) mass is 168 g/mol. The number of hydrogen-bond donors (Lipinski definition) is 0. The molecule has 0 aliphatic carbocycles. The Morgan fingerprint density at radius 2 is 2.08 bits per heavy atom. The molecule has 62 valence electrons. The highest BCUT2D eigenvalue weighted by Gasteiger charge is 2.00. The van der Waals surface area contributed by atoms with Gasteiger partial charge in [0.15, 0.2) is 0 Å². The van der Waals surface area contributed by atoms with Crippen LogP contribution in [0, 0.1) is 18.3 Å². The van der Waals surface area contributed by atoms with Gasteiger partial charge in [-0.3, -0.25) is 0 Å². The molecule has 1 heterocycles. The van der Waals surface area contributed by atoms with Gasteiger partial charge >= 0.3 is 0 Å². The predicted molar refractivity (Wildman–Crippen MR) is 51.2 cm³/mol. The summed E-state index contributed by atoms with van der Waals surface area (Å²) < 4.78 is 0. The van der Waals surface area contributed by atoms with Crippen LogP contribution in [0.3, 0.4) is 0 Å². The number of fused-ring (bicyclic) bond motifs is 1. The summed E-state index contributed by atoms with van der Waals surface area (Å²) in [6.45, 7) is 1.90. The minimum atomic E-state index is 0.513. The first-order valence-corrected chi connectivity index (χ1v) is 4.08. The summed E-state index contributed by atoms with van der Waals surface area (Å²) in [5, 5.41) is 9.85. The van der Waals surface area contributed by atoms with Crippen LogP contribution >= 0.6 is 0 Å². The Bertz CT molecular complexity index is 495. The highest BCUT2D eigenvalue weighted by Crippen LogP contribution is 2.14. The van der Waals surface area contributed by atoms with Crippen LogP contribution in [0.25, 0.3) is 10.9 Å². The number of nitrogens with zero attached hydrogens (tertiary/aromatic N) is 2. The molecule has 2 nitrogen and oxygen atoms in total. The Morgan fingerprint density at radius 1 is 1.31 bits per heavy atom. The first kappa shape index (κ1) is 7.75. The molecule has 1 aromatic carbocycles. The highest BCUT2D eigenvalue weighted by molar-refractivity contribution is 5.79. The maximum Gasteiger partial charge on any atom is 0.144 e. The molecule has 1 aromatic heterocycles. The van der Waals surface area contributed by atoms with Crippen LogP contribution in [-0.4, -0.2) is 4.98 Å². The van der Waals surface area contributed by atoms with Crippen molar-refractivity contribution in [3.63, 3.8) is 0 Å². The van der Waals surface area contributed by atoms with Crippen LogP contribution in [-0.2, 0) is 0 Å². The molecule has 2 heteroatoms. The van der Waals surface area contributed by atoms with Crippen LogP contribution in [0.5, 0.6) is 0 Å². The van der Waals surface area contributed by atoms with Crippen LogP contribution in [0.4, 0.5) is 0 Å². The lowest BCUT2D eigenvalue weighted by atomic mass is 10.1. The Kier molecular flexibility index (Phi) is 1.71. The minimum Gasteiger partial charge on any atom is -0.237 e. The van der Waals surface area contributed by atoms with Gasteiger partial charge in [-0.25, -0.2) is 4.98 Å². The molecule has 0 fully saturated rings. The molecule has 0 saturated carbocycles. The second-order valence-electron chi connectivity index (χ2n) is 2.96. The van der Waals surface area contributed by atoms with Gasteiger partial charge < -0.3 is 0 Å². The lowest BCUT2D eigenvalue weighted by molar-refractivity contribution is 1.26. The summed E-state index contributed by atoms with van der Waals surface area (Å²) in [6.07, 6.45) is 0. The van der Waals surface area contributed by atoms with E-state index in [1.54, 1.807) is 0 Å². The predicted octanol–water partition coefficient (Wildman–Crippen LogP) is 2.41. The molecule has 2 rings (SSSR count). The average Bonchev–Trinajstić information content (AvgIpc) is 2.17. The van der Waals surface area contributed by atoms with Gasteiger partial charge in [0, 0.05) is 5.39 Å². The van der Waals surface area contributed by atoms with Gasteiger partial charge in [0.1, 0.15) is 11.8 Å². The Morgan fingerprint density at radius 3 is 2.85 bits per heavy atom. The number of aryl methyl sites for hydroxylation is 1. The number of para-hydroxylation sites is 1. The van der Waals surface area contributed by atoms with Crippen molar-refractivity contribution in [2.45, 2.75) is 6.92 Å². The van der Waals surface area contributed by atoms with E-state index in [2.05, 4.69) is 11.1 Å². The third kappa shape index (κ3) is 1.25. The van der Waals surface area contributed by atoms with Gasteiger partial charge in [-0.15, -0.1) is 0 Å². The third-order valence-electron chi connectivity index (χ3n) is 2.02. The van der Waals surface area contributed by atoms with E-state index >= 15 is 0 Å². The molecular formula is C11H8N2. The average molecular weight is 168 g/mol. The van der Waals surface area contributed by atoms with E-state index in [1.807, 2.05) is 37.3 Å². The molecule has 0 atom stereocenters. The lowest BCUT2D eigenvalue weighted by Gasteiger charge is -1.99. The van der Waals surface area contributed by atoms with E-state index in [0.29, 0.717) is 5.69 Å². The van der Waals surface area contributed by atoms with Crippen molar-refractivity contribution in [3.8, 4) is 6.07 Å². The molecule has 13 heavy (non-hydrogen) atoms. The summed E-state index contributed by atoms with van der Waals surface area (Å²) in [4.78, 5) is 4.23. The summed E-state index contributed by atoms with van der Waals surface area (Å²) in [7, 11) is 0. The van der Waals surface area contributed by atoms with Crippen molar-refractivity contribution >= 4 is 10.9 Å². The zero-order valence-electron chi connectivity index (χ0n) is 7.28. The number of pyridine rings is 1. The maximum atomic E-state index is 8.77. The van der Waals surface area contributed by atoms with Crippen molar-refractivity contribution in [3.05, 3.63) is 41.6 Å². The Labute approximate surface area is 76.5 Å². The zero-order valence-corrected chi connectivity index (χ0v) is 7.28. The molecule has 0 saturated heterocycles. The number of rotatable bonds is 0. The fourth-order valence-corrected chi connectivity index (χ4v) is 1.33. The fraction of sp³-hybridized carbons (Fsp3) is 0.0909. The molecule has 0 spiro atoms. The largest absolute Gasteiger partial charge is 0.237 e. The zero-order chi connectivity index (χ0) is 9.26. The number of aromatic nitrogens is 1. The van der Waals surface area contributed by atoms with Crippen molar-refractivity contribution < 1.29 is 0 Å². The van der Waals surface area contributed by atoms with E-state index in [1.165, 1.54) is 0 Å². The van der Waals surface area contributed by atoms with Crippen LogP contribution in [0.1, 0.15) is 11.3 Å². The van der Waals surface area contributed by atoms with Crippen LogP contribution in [0.15, 0.2) is 30.3 Å².